The summed E-state index contributed by atoms with van der Waals surface area (Å²) in [5, 5.41) is 0. The highest BCUT2D eigenvalue weighted by Crippen LogP contribution is 2.58. The zero-order valence-electron chi connectivity index (χ0n) is 70.5. The van der Waals surface area contributed by atoms with Crippen LogP contribution in [0.5, 0.6) is 0 Å². The molecule has 0 aromatic heterocycles. The summed E-state index contributed by atoms with van der Waals surface area (Å²) in [6, 6.07) is 2.06. The molecule has 6 heterocycles. The highest BCUT2D eigenvalue weighted by Gasteiger charge is 2.57. The lowest BCUT2D eigenvalue weighted by Crippen LogP contribution is -2.52. The van der Waals surface area contributed by atoms with Crippen LogP contribution in [0.15, 0.2) is 0 Å². The average molecular weight is 1530 g/mol. The molecule has 0 unspecified atom stereocenters. The Morgan fingerprint density at radius 1 is 0.200 bits per heavy atom. The van der Waals surface area contributed by atoms with Gasteiger partial charge in [0.1, 0.15) is 0 Å². The standard InChI is InChI=1S/C13H26N2.2C11H19N.2C6H13N.C5H10.C3H8.14C2H6.16CH4/c1-2-13(11-14-7-3-4-8-14)12-15-9-5-6-10-15;2*1-2-12-7-6-10-8-4-3-5-9(8)11(10)12;2*1-2-7-5-3-4-6-7;1-2-4-5-3-1;1-3-2;14*1-2;;;;;;;;;;;;;;;;/h13H,2-12H2,1H3;2*8-11H,2-7H2,1H3;2*2-6H2,1H3;1-5H2;3H2,1-2H3;14*1-2H3;16*1H4/t;2*8-,9+,10-,11+;;;;;;;;;;;;;;;;;;;;;;;;;;;;;;;;;;/m.00................................../s1. The van der Waals surface area contributed by atoms with E-state index in [1.807, 2.05) is 194 Å². The minimum absolute atomic E-state index is 0. The van der Waals surface area contributed by atoms with Gasteiger partial charge in [0.15, 0.2) is 0 Å². The molecule has 682 valence electrons. The first-order chi connectivity index (χ1) is 44.0. The van der Waals surface area contributed by atoms with Crippen molar-refractivity contribution < 1.29 is 0 Å². The summed E-state index contributed by atoms with van der Waals surface area (Å²) in [5.74, 6) is 7.73. The lowest BCUT2D eigenvalue weighted by atomic mass is 9.63. The monoisotopic (exact) mass is 1530 g/mol. The molecule has 5 saturated carbocycles. The van der Waals surface area contributed by atoms with Gasteiger partial charge in [-0.2, -0.15) is 0 Å². The Hall–Kier alpha value is -0.240. The maximum Gasteiger partial charge on any atom is 0.0158 e. The van der Waals surface area contributed by atoms with E-state index in [1.165, 1.54) is 227 Å². The minimum Gasteiger partial charge on any atom is -0.304 e. The third-order valence-electron chi connectivity index (χ3n) is 17.8. The lowest BCUT2D eigenvalue weighted by Gasteiger charge is -2.48. The van der Waals surface area contributed by atoms with E-state index in [4.69, 9.17) is 0 Å². The highest BCUT2D eigenvalue weighted by atomic mass is 15.2. The van der Waals surface area contributed by atoms with Crippen LogP contribution in [0.4, 0.5) is 0 Å². The second-order valence-electron chi connectivity index (χ2n) is 21.7. The SMILES string of the molecule is C.C.C.C.C.C.C.C.C.C.C.C.C.C.C.C.C1CCCC1.CC.CC.CC.CC.CC.CC.CC.CC.CC.CC.CC.CC.CC.CC.CCC.CCC(CN1CCCC1)CN1CCCC1.CCN1CCCC1.CCN1CCCC1.CCN1CC[C@H]2[C@H]3CCC[C@H]3[C@H]21.CCN1CC[C@H]2[C@H]3CCC[C@H]3[C@H]21. The van der Waals surface area contributed by atoms with Crippen molar-refractivity contribution in [2.75, 3.05) is 105 Å². The second kappa shape index (κ2) is 156. The molecule has 11 fully saturated rings. The van der Waals surface area contributed by atoms with Gasteiger partial charge in [-0.05, 0) is 223 Å². The van der Waals surface area contributed by atoms with Crippen LogP contribution in [0.3, 0.4) is 0 Å². The van der Waals surface area contributed by atoms with Gasteiger partial charge >= 0.3 is 0 Å². The molecule has 0 spiro atoms. The van der Waals surface area contributed by atoms with Gasteiger partial charge in [-0.25, -0.2) is 0 Å². The Kier molecular flexibility index (Phi) is 270. The molecular formula is C99H256N6. The molecule has 6 heteroatoms. The Bertz CT molecular complexity index is 983. The molecule has 6 aliphatic heterocycles. The predicted octanol–water partition coefficient (Wildman–Crippen LogP) is 36.6. The number of likely N-dealkylation sites (tertiary alicyclic amines) is 6. The number of nitrogens with zero attached hydrogens (tertiary/aromatic N) is 6. The molecule has 6 nitrogen and oxygen atoms in total. The van der Waals surface area contributed by atoms with E-state index >= 15 is 0 Å². The molecule has 5 aliphatic carbocycles. The molecular weight excluding hydrogens is 1270 g/mol. The first-order valence-corrected chi connectivity index (χ1v) is 42.4. The zero-order valence-corrected chi connectivity index (χ0v) is 70.5. The Morgan fingerprint density at radius 2 is 0.371 bits per heavy atom. The van der Waals surface area contributed by atoms with E-state index in [-0.39, 0.29) is 119 Å². The van der Waals surface area contributed by atoms with Gasteiger partial charge in [0.25, 0.3) is 0 Å². The molecule has 6 saturated heterocycles. The molecule has 0 aromatic rings. The number of fused-ring (bicyclic) bond motifs is 8. The molecule has 0 radical (unpaired) electrons. The van der Waals surface area contributed by atoms with Crippen LogP contribution in [-0.2, 0) is 0 Å². The van der Waals surface area contributed by atoms with Crippen molar-refractivity contribution in [3.05, 3.63) is 0 Å². The number of hydrogen-bond donors (Lipinski definition) is 0. The molecule has 11 aliphatic rings. The fourth-order valence-corrected chi connectivity index (χ4v) is 14.4. The first kappa shape index (κ1) is 182. The van der Waals surface area contributed by atoms with Gasteiger partial charge in [0.05, 0.1) is 0 Å². The van der Waals surface area contributed by atoms with Crippen LogP contribution in [-0.4, -0.2) is 146 Å². The maximum atomic E-state index is 2.73. The molecule has 8 atom stereocenters. The van der Waals surface area contributed by atoms with Gasteiger partial charge in [0.2, 0.25) is 0 Å². The average Bonchev–Trinajstić information content (AvgIpc) is 1.60. The van der Waals surface area contributed by atoms with E-state index in [9.17, 15) is 0 Å². The molecule has 105 heavy (non-hydrogen) atoms. The van der Waals surface area contributed by atoms with Crippen molar-refractivity contribution in [2.45, 2.75) is 521 Å². The third-order valence-corrected chi connectivity index (χ3v) is 17.8. The quantitative estimate of drug-likeness (QED) is 0.228. The minimum atomic E-state index is 0. The van der Waals surface area contributed by atoms with Crippen LogP contribution in [0, 0.1) is 41.4 Å². The van der Waals surface area contributed by atoms with Gasteiger partial charge in [-0.3, -0.25) is 0 Å². The van der Waals surface area contributed by atoms with Crippen LogP contribution in [0.1, 0.15) is 509 Å². The number of hydrogen-bond acceptors (Lipinski definition) is 6. The van der Waals surface area contributed by atoms with Crippen molar-refractivity contribution >= 4 is 0 Å². The van der Waals surface area contributed by atoms with E-state index in [0.717, 1.165) is 53.5 Å². The molecule has 0 aromatic carbocycles. The fourth-order valence-electron chi connectivity index (χ4n) is 14.4. The topological polar surface area (TPSA) is 19.4 Å². The Balaban J connectivity index is -0.0000000272. The first-order valence-electron chi connectivity index (χ1n) is 42.4. The van der Waals surface area contributed by atoms with Gasteiger partial charge < -0.3 is 29.4 Å². The van der Waals surface area contributed by atoms with Gasteiger partial charge in [-0.15, -0.1) is 0 Å². The molecule has 0 bridgehead atoms. The zero-order chi connectivity index (χ0) is 71.2. The van der Waals surface area contributed by atoms with E-state index < -0.39 is 0 Å². The fraction of sp³-hybridized carbons (Fsp3) is 1.00. The van der Waals surface area contributed by atoms with Crippen molar-refractivity contribution in [3.63, 3.8) is 0 Å². The summed E-state index contributed by atoms with van der Waals surface area (Å²) in [5.41, 5.74) is 0. The predicted molar refractivity (Wildman–Crippen MR) is 533 cm³/mol. The van der Waals surface area contributed by atoms with Crippen molar-refractivity contribution in [3.8, 4) is 0 Å². The van der Waals surface area contributed by atoms with Crippen molar-refractivity contribution in [2.24, 2.45) is 41.4 Å². The van der Waals surface area contributed by atoms with E-state index in [2.05, 4.69) is 77.9 Å². The summed E-state index contributed by atoms with van der Waals surface area (Å²) in [6.45, 7) is 93.1. The van der Waals surface area contributed by atoms with Crippen LogP contribution < -0.4 is 0 Å². The summed E-state index contributed by atoms with van der Waals surface area (Å²) in [6.07, 6.45) is 33.8. The van der Waals surface area contributed by atoms with E-state index in [0.29, 0.717) is 0 Å². The maximum absolute atomic E-state index is 2.73. The summed E-state index contributed by atoms with van der Waals surface area (Å²) in [7, 11) is 0. The number of rotatable bonds is 9. The van der Waals surface area contributed by atoms with Crippen LogP contribution in [0.25, 0.3) is 0 Å². The van der Waals surface area contributed by atoms with Gasteiger partial charge in [0, 0.05) is 25.2 Å². The Morgan fingerprint density at radius 3 is 0.533 bits per heavy atom. The largest absolute Gasteiger partial charge is 0.304 e. The molecule has 11 rings (SSSR count). The third kappa shape index (κ3) is 84.5. The summed E-state index contributed by atoms with van der Waals surface area (Å²) < 4.78 is 0. The van der Waals surface area contributed by atoms with Crippen molar-refractivity contribution in [1.29, 1.82) is 0 Å². The molecule has 0 N–H and O–H groups in total. The highest BCUT2D eigenvalue weighted by molar-refractivity contribution is 5.09. The summed E-state index contributed by atoms with van der Waals surface area (Å²) in [4.78, 5) is 15.8. The summed E-state index contributed by atoms with van der Waals surface area (Å²) >= 11 is 0. The normalized spacial score (nSPS) is 20.6. The molecule has 0 amide bonds. The second-order valence-corrected chi connectivity index (χ2v) is 21.7. The van der Waals surface area contributed by atoms with Gasteiger partial charge in [-0.1, -0.05) is 419 Å². The van der Waals surface area contributed by atoms with E-state index in [1.54, 1.807) is 25.7 Å². The lowest BCUT2D eigenvalue weighted by molar-refractivity contribution is 0.0116. The Labute approximate surface area is 692 Å². The smallest absolute Gasteiger partial charge is 0.0158 e. The van der Waals surface area contributed by atoms with Crippen molar-refractivity contribution in [1.82, 2.24) is 29.4 Å². The van der Waals surface area contributed by atoms with Crippen LogP contribution >= 0.6 is 0 Å². The van der Waals surface area contributed by atoms with Crippen LogP contribution in [0.2, 0.25) is 0 Å².